The normalized spacial score (nSPS) is 58.1. The van der Waals surface area contributed by atoms with Gasteiger partial charge >= 0.3 is 0 Å². The number of ether oxygens (including phenoxy) is 1. The summed E-state index contributed by atoms with van der Waals surface area (Å²) in [6.07, 6.45) is -12.7. The number of guanidine groups is 1. The highest BCUT2D eigenvalue weighted by Crippen LogP contribution is 2.22. The van der Waals surface area contributed by atoms with Crippen LogP contribution in [0.2, 0.25) is 0 Å². The standard InChI is InChI=1S/C10H16N4O4/c1-5-13-10(11)12-4-14(5)2-6-8(16)9(17)7(3-15)18-6/h4,6-9,15-17H,1-3H2,(H2,11,13)/t6-,7+,8+,9?/m0/s1/i3D2,6D,7D,8D,9D. The van der Waals surface area contributed by atoms with Gasteiger partial charge in [-0.3, -0.25) is 0 Å². The van der Waals surface area contributed by atoms with Crippen LogP contribution in [0.5, 0.6) is 0 Å². The van der Waals surface area contributed by atoms with E-state index in [-0.39, 0.29) is 11.8 Å². The minimum atomic E-state index is -3.71. The fourth-order valence-corrected chi connectivity index (χ4v) is 1.35. The van der Waals surface area contributed by atoms with Gasteiger partial charge in [0.25, 0.3) is 0 Å². The molecule has 18 heavy (non-hydrogen) atoms. The van der Waals surface area contributed by atoms with Crippen molar-refractivity contribution in [2.75, 3.05) is 13.1 Å². The van der Waals surface area contributed by atoms with Crippen LogP contribution >= 0.6 is 0 Å². The molecule has 2 aliphatic heterocycles. The lowest BCUT2D eigenvalue weighted by Gasteiger charge is -2.25. The van der Waals surface area contributed by atoms with Gasteiger partial charge in [0.15, 0.2) is 0 Å². The monoisotopic (exact) mass is 262 g/mol. The molecule has 0 radical (unpaired) electrons. The minimum Gasteiger partial charge on any atom is -0.394 e. The van der Waals surface area contributed by atoms with E-state index in [1.165, 1.54) is 0 Å². The molecule has 5 N–H and O–H groups in total. The molecule has 0 aromatic carbocycles. The maximum Gasteiger partial charge on any atom is 0.223 e. The predicted octanol–water partition coefficient (Wildman–Crippen LogP) is -2.40. The predicted molar refractivity (Wildman–Crippen MR) is 63.7 cm³/mol. The van der Waals surface area contributed by atoms with E-state index in [2.05, 4.69) is 16.6 Å². The topological polar surface area (TPSA) is 124 Å². The maximum atomic E-state index is 10.2. The van der Waals surface area contributed by atoms with Gasteiger partial charge in [-0.25, -0.2) is 4.99 Å². The Bertz CT molecular complexity index is 635. The quantitative estimate of drug-likeness (QED) is 0.449. The van der Waals surface area contributed by atoms with E-state index in [0.717, 1.165) is 11.2 Å². The number of hydrogen-bond donors (Lipinski definition) is 4. The molecule has 100 valence electrons. The van der Waals surface area contributed by atoms with E-state index < -0.39 is 37.4 Å². The van der Waals surface area contributed by atoms with Crippen LogP contribution in [-0.2, 0) is 4.74 Å². The van der Waals surface area contributed by atoms with Gasteiger partial charge in [0.2, 0.25) is 5.96 Å². The van der Waals surface area contributed by atoms with Gasteiger partial charge in [0.05, 0.1) is 21.3 Å². The van der Waals surface area contributed by atoms with Crippen LogP contribution < -0.4 is 5.73 Å². The molecule has 0 amide bonds. The van der Waals surface area contributed by atoms with Crippen molar-refractivity contribution < 1.29 is 28.3 Å². The summed E-state index contributed by atoms with van der Waals surface area (Å²) < 4.78 is 50.3. The SMILES string of the molecule is [2H]C([2H])(O)[C@@]1([2H])O[C@@]([2H])(CN2C=NC(N)=NC2=C)[C@@]([2H])(O)C1([2H])O. The molecular formula is C10H16N4O4. The summed E-state index contributed by atoms with van der Waals surface area (Å²) >= 11 is 0. The van der Waals surface area contributed by atoms with E-state index in [1.807, 2.05) is 0 Å². The Hall–Kier alpha value is -1.48. The van der Waals surface area contributed by atoms with E-state index in [4.69, 9.17) is 18.7 Å². The molecule has 1 saturated heterocycles. The van der Waals surface area contributed by atoms with Gasteiger partial charge in [-0.1, -0.05) is 6.58 Å². The Labute approximate surface area is 112 Å². The molecule has 0 saturated carbocycles. The molecular weight excluding hydrogens is 240 g/mol. The molecule has 2 rings (SSSR count). The number of aliphatic hydroxyl groups is 3. The summed E-state index contributed by atoms with van der Waals surface area (Å²) in [4.78, 5) is 8.27. The second-order valence-corrected chi connectivity index (χ2v) is 3.42. The van der Waals surface area contributed by atoms with Gasteiger partial charge in [-0.15, -0.1) is 0 Å². The van der Waals surface area contributed by atoms with Crippen molar-refractivity contribution in [1.82, 2.24) is 4.90 Å². The largest absolute Gasteiger partial charge is 0.394 e. The molecule has 2 aliphatic rings. The zero-order valence-electron chi connectivity index (χ0n) is 15.2. The molecule has 4 atom stereocenters. The number of nitrogens with two attached hydrogens (primary N) is 1. The van der Waals surface area contributed by atoms with Crippen LogP contribution in [-0.4, -0.2) is 69.9 Å². The minimum absolute atomic E-state index is 0.0727. The van der Waals surface area contributed by atoms with Gasteiger partial charge in [-0.2, -0.15) is 4.99 Å². The number of rotatable bonds is 3. The average molecular weight is 262 g/mol. The third-order valence-electron chi connectivity index (χ3n) is 2.25. The lowest BCUT2D eigenvalue weighted by atomic mass is 10.1. The average Bonchev–Trinajstić information content (AvgIpc) is 2.49. The third kappa shape index (κ3) is 2.36. The summed E-state index contributed by atoms with van der Waals surface area (Å²) in [6.45, 7) is -0.991. The second-order valence-electron chi connectivity index (χ2n) is 3.42. The molecule has 0 aromatic rings. The van der Waals surface area contributed by atoms with Crippen molar-refractivity contribution in [2.45, 2.75) is 24.3 Å². The van der Waals surface area contributed by atoms with Crippen LogP contribution in [0.25, 0.3) is 0 Å². The first-order valence-electron chi connectivity index (χ1n) is 7.80. The van der Waals surface area contributed by atoms with Crippen LogP contribution in [0.15, 0.2) is 22.4 Å². The van der Waals surface area contributed by atoms with E-state index in [9.17, 15) is 15.3 Å². The van der Waals surface area contributed by atoms with Crippen molar-refractivity contribution in [1.29, 1.82) is 0 Å². The highest BCUT2D eigenvalue weighted by molar-refractivity contribution is 5.89. The van der Waals surface area contributed by atoms with Crippen LogP contribution in [0.3, 0.4) is 0 Å². The van der Waals surface area contributed by atoms with Crippen molar-refractivity contribution in [2.24, 2.45) is 15.7 Å². The van der Waals surface area contributed by atoms with Crippen molar-refractivity contribution in [3.05, 3.63) is 12.4 Å². The van der Waals surface area contributed by atoms with Crippen LogP contribution in [0, 0.1) is 0 Å². The fourth-order valence-electron chi connectivity index (χ4n) is 1.35. The summed E-state index contributed by atoms with van der Waals surface area (Å²) in [5, 5.41) is 29.6. The molecule has 1 unspecified atom stereocenters. The van der Waals surface area contributed by atoms with Gasteiger partial charge in [-0.05, 0) is 0 Å². The van der Waals surface area contributed by atoms with Crippen LogP contribution in [0.4, 0.5) is 0 Å². The Morgan fingerprint density at radius 2 is 2.22 bits per heavy atom. The third-order valence-corrected chi connectivity index (χ3v) is 2.25. The molecule has 0 aromatic heterocycles. The summed E-state index contributed by atoms with van der Waals surface area (Å²) in [6, 6.07) is 0. The van der Waals surface area contributed by atoms with E-state index in [0.29, 0.717) is 0 Å². The lowest BCUT2D eigenvalue weighted by Crippen LogP contribution is -2.40. The number of aliphatic imine (C=N–C) groups is 2. The maximum absolute atomic E-state index is 10.2. The molecule has 0 aliphatic carbocycles. The molecule has 8 heteroatoms. The van der Waals surface area contributed by atoms with E-state index in [1.54, 1.807) is 0 Å². The molecule has 8 nitrogen and oxygen atoms in total. The summed E-state index contributed by atoms with van der Waals surface area (Å²) in [5.74, 6) is -0.223. The molecule has 2 heterocycles. The Morgan fingerprint density at radius 3 is 2.78 bits per heavy atom. The highest BCUT2D eigenvalue weighted by Gasteiger charge is 2.43. The summed E-state index contributed by atoms with van der Waals surface area (Å²) in [7, 11) is 0. The van der Waals surface area contributed by atoms with Gasteiger partial charge in [0, 0.05) is 0 Å². The Kier molecular flexibility index (Phi) is 2.01. The summed E-state index contributed by atoms with van der Waals surface area (Å²) in [5.41, 5.74) is 5.34. The number of nitrogens with zero attached hydrogens (tertiary/aromatic N) is 3. The lowest BCUT2D eigenvalue weighted by molar-refractivity contribution is -0.0250. The van der Waals surface area contributed by atoms with Crippen molar-refractivity contribution in [3.63, 3.8) is 0 Å². The molecule has 1 fully saturated rings. The van der Waals surface area contributed by atoms with Crippen molar-refractivity contribution in [3.8, 4) is 0 Å². The van der Waals surface area contributed by atoms with E-state index >= 15 is 0 Å². The first kappa shape index (κ1) is 7.19. The molecule has 0 spiro atoms. The number of hydrogen-bond acceptors (Lipinski definition) is 8. The molecule has 0 bridgehead atoms. The zero-order valence-corrected chi connectivity index (χ0v) is 9.16. The first-order valence-corrected chi connectivity index (χ1v) is 4.80. The van der Waals surface area contributed by atoms with Gasteiger partial charge in [0.1, 0.15) is 36.5 Å². The van der Waals surface area contributed by atoms with Crippen LogP contribution in [0.1, 0.15) is 8.22 Å². The smallest absolute Gasteiger partial charge is 0.223 e. The van der Waals surface area contributed by atoms with Gasteiger partial charge < -0.3 is 30.7 Å². The highest BCUT2D eigenvalue weighted by atomic mass is 16.6. The zero-order chi connectivity index (χ0) is 18.8. The Morgan fingerprint density at radius 1 is 1.56 bits per heavy atom. The van der Waals surface area contributed by atoms with Crippen molar-refractivity contribution >= 4 is 12.3 Å². The fraction of sp³-hybridized carbons (Fsp3) is 0.600. The second kappa shape index (κ2) is 5.02. The Balaban J connectivity index is 2.43. The first-order chi connectivity index (χ1) is 10.6.